The Labute approximate surface area is 203 Å². The zero-order chi connectivity index (χ0) is 25.5. The lowest BCUT2D eigenvalue weighted by atomic mass is 9.96. The van der Waals surface area contributed by atoms with E-state index in [4.69, 9.17) is 16.3 Å². The minimum atomic E-state index is -4.80. The molecule has 0 radical (unpaired) electrons. The SMILES string of the molecule is CC(C)(C)C(=O)Nc1cc(C(F)(F)F)c(-c2nc(N3CCOCC3)c3cc(C=O)c(Cl)n3n2)cn1. The highest BCUT2D eigenvalue weighted by Gasteiger charge is 2.36. The number of halogens is 4. The second kappa shape index (κ2) is 9.08. The number of aromatic nitrogens is 4. The van der Waals surface area contributed by atoms with Gasteiger partial charge in [0.05, 0.1) is 29.9 Å². The van der Waals surface area contributed by atoms with Gasteiger partial charge in [-0.05, 0) is 12.1 Å². The fourth-order valence-electron chi connectivity index (χ4n) is 3.47. The summed E-state index contributed by atoms with van der Waals surface area (Å²) >= 11 is 6.30. The van der Waals surface area contributed by atoms with Crippen LogP contribution in [0.5, 0.6) is 0 Å². The lowest BCUT2D eigenvalue weighted by molar-refractivity contribution is -0.137. The molecular formula is C22H22ClF3N6O3. The van der Waals surface area contributed by atoms with E-state index in [1.54, 1.807) is 20.8 Å². The first-order valence-electron chi connectivity index (χ1n) is 10.7. The molecule has 3 aromatic heterocycles. The molecule has 1 amide bonds. The number of ether oxygens (including phenoxy) is 1. The Morgan fingerprint density at radius 1 is 1.20 bits per heavy atom. The maximum Gasteiger partial charge on any atom is 0.417 e. The highest BCUT2D eigenvalue weighted by molar-refractivity contribution is 6.32. The quantitative estimate of drug-likeness (QED) is 0.527. The Hall–Kier alpha value is -3.25. The first-order chi connectivity index (χ1) is 16.4. The summed E-state index contributed by atoms with van der Waals surface area (Å²) in [5, 5.41) is 6.56. The van der Waals surface area contributed by atoms with Crippen molar-refractivity contribution in [2.45, 2.75) is 26.9 Å². The third-order valence-corrected chi connectivity index (χ3v) is 5.77. The molecule has 4 rings (SSSR count). The Morgan fingerprint density at radius 3 is 2.49 bits per heavy atom. The number of amides is 1. The van der Waals surface area contributed by atoms with Gasteiger partial charge in [0.25, 0.3) is 0 Å². The molecule has 0 unspecified atom stereocenters. The van der Waals surface area contributed by atoms with Gasteiger partial charge in [0.1, 0.15) is 16.5 Å². The minimum Gasteiger partial charge on any atom is -0.378 e. The lowest BCUT2D eigenvalue weighted by Gasteiger charge is -2.28. The van der Waals surface area contributed by atoms with E-state index in [-0.39, 0.29) is 22.4 Å². The van der Waals surface area contributed by atoms with E-state index in [0.717, 1.165) is 12.3 Å². The molecule has 0 saturated carbocycles. The minimum absolute atomic E-state index is 0.0521. The van der Waals surface area contributed by atoms with E-state index < -0.39 is 28.6 Å². The van der Waals surface area contributed by atoms with Crippen molar-refractivity contribution >= 4 is 40.9 Å². The molecule has 1 fully saturated rings. The van der Waals surface area contributed by atoms with Gasteiger partial charge < -0.3 is 15.0 Å². The van der Waals surface area contributed by atoms with E-state index >= 15 is 0 Å². The number of hydrogen-bond acceptors (Lipinski definition) is 7. The molecule has 186 valence electrons. The summed E-state index contributed by atoms with van der Waals surface area (Å²) in [4.78, 5) is 34.0. The summed E-state index contributed by atoms with van der Waals surface area (Å²) in [6.45, 7) is 6.57. The van der Waals surface area contributed by atoms with Gasteiger partial charge in [0.2, 0.25) is 5.91 Å². The number of carbonyl (C=O) groups excluding carboxylic acids is 2. The van der Waals surface area contributed by atoms with E-state index in [1.165, 1.54) is 10.6 Å². The number of pyridine rings is 1. The molecule has 4 heterocycles. The Bertz CT molecular complexity index is 1300. The highest BCUT2D eigenvalue weighted by Crippen LogP contribution is 2.38. The van der Waals surface area contributed by atoms with Gasteiger partial charge in [-0.15, -0.1) is 5.10 Å². The second-order valence-corrected chi connectivity index (χ2v) is 9.34. The van der Waals surface area contributed by atoms with Crippen molar-refractivity contribution in [1.82, 2.24) is 19.6 Å². The molecule has 1 N–H and O–H groups in total. The maximum atomic E-state index is 14.1. The number of anilines is 2. The Kier molecular flexibility index (Phi) is 6.45. The number of hydrogen-bond donors (Lipinski definition) is 1. The van der Waals surface area contributed by atoms with Crippen molar-refractivity contribution in [3.63, 3.8) is 0 Å². The number of morpholine rings is 1. The van der Waals surface area contributed by atoms with Gasteiger partial charge in [-0.3, -0.25) is 9.59 Å². The van der Waals surface area contributed by atoms with Crippen LogP contribution in [0.2, 0.25) is 5.15 Å². The third kappa shape index (κ3) is 4.94. The first kappa shape index (κ1) is 24.9. The number of aldehydes is 1. The zero-order valence-electron chi connectivity index (χ0n) is 19.1. The molecule has 1 aliphatic rings. The van der Waals surface area contributed by atoms with Crippen LogP contribution in [-0.2, 0) is 15.7 Å². The van der Waals surface area contributed by atoms with Crippen LogP contribution in [0.4, 0.5) is 24.8 Å². The fourth-order valence-corrected chi connectivity index (χ4v) is 3.70. The van der Waals surface area contributed by atoms with E-state index in [2.05, 4.69) is 20.4 Å². The van der Waals surface area contributed by atoms with Crippen LogP contribution >= 0.6 is 11.6 Å². The standard InChI is InChI=1S/C22H22ClF3N6O3/c1-21(2,3)20(34)28-16-9-14(22(24,25)26)13(10-27-16)18-29-19(31-4-6-35-7-5-31)15-8-12(11-33)17(23)32(15)30-18/h8-11H,4-7H2,1-3H3,(H,27,28,34). The molecule has 3 aromatic rings. The predicted molar refractivity (Wildman–Crippen MR) is 123 cm³/mol. The summed E-state index contributed by atoms with van der Waals surface area (Å²) in [5.74, 6) is -0.717. The normalized spacial score (nSPS) is 14.9. The smallest absolute Gasteiger partial charge is 0.378 e. The van der Waals surface area contributed by atoms with Crippen molar-refractivity contribution in [2.24, 2.45) is 5.41 Å². The van der Waals surface area contributed by atoms with Crippen LogP contribution in [0.25, 0.3) is 16.9 Å². The summed E-state index contributed by atoms with van der Waals surface area (Å²) in [7, 11) is 0. The number of nitrogens with one attached hydrogen (secondary N) is 1. The van der Waals surface area contributed by atoms with Crippen LogP contribution in [0.3, 0.4) is 0 Å². The van der Waals surface area contributed by atoms with Crippen LogP contribution in [0.15, 0.2) is 18.3 Å². The van der Waals surface area contributed by atoms with Crippen molar-refractivity contribution in [1.29, 1.82) is 0 Å². The van der Waals surface area contributed by atoms with Gasteiger partial charge in [-0.2, -0.15) is 13.2 Å². The van der Waals surface area contributed by atoms with Gasteiger partial charge in [-0.25, -0.2) is 14.5 Å². The highest BCUT2D eigenvalue weighted by atomic mass is 35.5. The molecule has 1 aliphatic heterocycles. The van der Waals surface area contributed by atoms with Crippen LogP contribution < -0.4 is 10.2 Å². The topological polar surface area (TPSA) is 102 Å². The number of fused-ring (bicyclic) bond motifs is 1. The molecule has 0 spiro atoms. The van der Waals surface area contributed by atoms with Gasteiger partial charge in [0.15, 0.2) is 17.9 Å². The number of rotatable bonds is 4. The Morgan fingerprint density at radius 2 is 1.89 bits per heavy atom. The van der Waals surface area contributed by atoms with Crippen molar-refractivity contribution in [3.8, 4) is 11.4 Å². The Balaban J connectivity index is 1.89. The second-order valence-electron chi connectivity index (χ2n) is 8.98. The van der Waals surface area contributed by atoms with E-state index in [0.29, 0.717) is 43.9 Å². The fraction of sp³-hybridized carbons (Fsp3) is 0.409. The maximum absolute atomic E-state index is 14.1. The number of nitrogens with zero attached hydrogens (tertiary/aromatic N) is 5. The summed E-state index contributed by atoms with van der Waals surface area (Å²) in [6, 6.07) is 2.23. The largest absolute Gasteiger partial charge is 0.417 e. The summed E-state index contributed by atoms with van der Waals surface area (Å²) < 4.78 is 48.8. The lowest BCUT2D eigenvalue weighted by Crippen LogP contribution is -2.37. The monoisotopic (exact) mass is 510 g/mol. The first-order valence-corrected chi connectivity index (χ1v) is 11.0. The van der Waals surface area contributed by atoms with Gasteiger partial charge in [-0.1, -0.05) is 32.4 Å². The van der Waals surface area contributed by atoms with Crippen LogP contribution in [0.1, 0.15) is 36.7 Å². The van der Waals surface area contributed by atoms with E-state index in [1.807, 2.05) is 4.90 Å². The molecule has 0 aliphatic carbocycles. The molecule has 1 saturated heterocycles. The molecular weight excluding hydrogens is 489 g/mol. The number of alkyl halides is 3. The van der Waals surface area contributed by atoms with Gasteiger partial charge >= 0.3 is 6.18 Å². The van der Waals surface area contributed by atoms with Crippen molar-refractivity contribution < 1.29 is 27.5 Å². The molecule has 0 bridgehead atoms. The zero-order valence-corrected chi connectivity index (χ0v) is 19.9. The third-order valence-electron chi connectivity index (χ3n) is 5.39. The summed E-state index contributed by atoms with van der Waals surface area (Å²) in [5.41, 5.74) is -1.81. The predicted octanol–water partition coefficient (Wildman–Crippen LogP) is 4.10. The average molecular weight is 511 g/mol. The number of carbonyl (C=O) groups is 2. The molecule has 0 atom stereocenters. The van der Waals surface area contributed by atoms with Crippen LogP contribution in [-0.4, -0.2) is 58.1 Å². The van der Waals surface area contributed by atoms with Gasteiger partial charge in [0, 0.05) is 24.7 Å². The molecule has 9 nitrogen and oxygen atoms in total. The summed E-state index contributed by atoms with van der Waals surface area (Å²) in [6.07, 6.45) is -3.30. The molecule has 35 heavy (non-hydrogen) atoms. The van der Waals surface area contributed by atoms with Crippen molar-refractivity contribution in [2.75, 3.05) is 36.5 Å². The van der Waals surface area contributed by atoms with E-state index in [9.17, 15) is 22.8 Å². The van der Waals surface area contributed by atoms with Crippen molar-refractivity contribution in [3.05, 3.63) is 34.6 Å². The molecule has 13 heteroatoms. The average Bonchev–Trinajstić information content (AvgIpc) is 3.13. The molecule has 0 aromatic carbocycles. The van der Waals surface area contributed by atoms with Crippen LogP contribution in [0, 0.1) is 5.41 Å².